The second-order valence-corrected chi connectivity index (χ2v) is 6.67. The first-order chi connectivity index (χ1) is 10.6. The Morgan fingerprint density at radius 3 is 2.45 bits per heavy atom. The van der Waals surface area contributed by atoms with Gasteiger partial charge in [-0.1, -0.05) is 43.7 Å². The summed E-state index contributed by atoms with van der Waals surface area (Å²) >= 11 is 0. The summed E-state index contributed by atoms with van der Waals surface area (Å²) in [5.74, 6) is 1.09. The number of rotatable bonds is 6. The molecule has 22 heavy (non-hydrogen) atoms. The lowest BCUT2D eigenvalue weighted by molar-refractivity contribution is 0.245. The largest absolute Gasteiger partial charge is 0.370 e. The van der Waals surface area contributed by atoms with Crippen molar-refractivity contribution in [3.63, 3.8) is 0 Å². The number of nitrogens with zero attached hydrogens (tertiary/aromatic N) is 2. The first-order valence-corrected chi connectivity index (χ1v) is 8.40. The van der Waals surface area contributed by atoms with Crippen molar-refractivity contribution < 1.29 is 0 Å². The monoisotopic (exact) mass is 302 g/mol. The zero-order valence-electron chi connectivity index (χ0n) is 14.2. The summed E-state index contributed by atoms with van der Waals surface area (Å²) in [6.45, 7) is 10.4. The van der Waals surface area contributed by atoms with Crippen molar-refractivity contribution in [3.8, 4) is 0 Å². The molecule has 1 heterocycles. The van der Waals surface area contributed by atoms with Crippen molar-refractivity contribution in [1.29, 1.82) is 0 Å². The Morgan fingerprint density at radius 1 is 1.23 bits per heavy atom. The molecule has 0 spiro atoms. The van der Waals surface area contributed by atoms with E-state index in [-0.39, 0.29) is 0 Å². The van der Waals surface area contributed by atoms with E-state index >= 15 is 0 Å². The number of hydrogen-bond donors (Lipinski definition) is 2. The van der Waals surface area contributed by atoms with Crippen LogP contribution in [0.3, 0.4) is 0 Å². The SMILES string of the molecule is Cc1ccc(C(CNC(N)=NCC(C)C)N2CCCC2)cc1. The fourth-order valence-corrected chi connectivity index (χ4v) is 2.84. The molecule has 122 valence electrons. The summed E-state index contributed by atoms with van der Waals surface area (Å²) in [5.41, 5.74) is 8.65. The molecule has 1 fully saturated rings. The Bertz CT molecular complexity index is 472. The number of hydrogen-bond acceptors (Lipinski definition) is 2. The highest BCUT2D eigenvalue weighted by Crippen LogP contribution is 2.24. The van der Waals surface area contributed by atoms with Gasteiger partial charge in [0, 0.05) is 13.1 Å². The number of aryl methyl sites for hydroxylation is 1. The lowest BCUT2D eigenvalue weighted by Gasteiger charge is -2.28. The minimum atomic E-state index is 0.371. The quantitative estimate of drug-likeness (QED) is 0.627. The van der Waals surface area contributed by atoms with E-state index in [0.29, 0.717) is 17.9 Å². The minimum Gasteiger partial charge on any atom is -0.370 e. The standard InChI is InChI=1S/C18H30N4/c1-14(2)12-20-18(19)21-13-17(22-10-4-5-11-22)16-8-6-15(3)7-9-16/h6-9,14,17H,4-5,10-13H2,1-3H3,(H3,19,20,21). The van der Waals surface area contributed by atoms with Gasteiger partial charge in [-0.05, 0) is 44.3 Å². The van der Waals surface area contributed by atoms with Gasteiger partial charge in [0.25, 0.3) is 0 Å². The van der Waals surface area contributed by atoms with Crippen LogP contribution in [0.15, 0.2) is 29.3 Å². The summed E-state index contributed by atoms with van der Waals surface area (Å²) in [6, 6.07) is 9.22. The van der Waals surface area contributed by atoms with E-state index in [9.17, 15) is 0 Å². The van der Waals surface area contributed by atoms with Gasteiger partial charge in [-0.3, -0.25) is 9.89 Å². The fourth-order valence-electron chi connectivity index (χ4n) is 2.84. The van der Waals surface area contributed by atoms with E-state index in [1.54, 1.807) is 0 Å². The highest BCUT2D eigenvalue weighted by atomic mass is 15.2. The molecule has 0 bridgehead atoms. The van der Waals surface area contributed by atoms with Gasteiger partial charge >= 0.3 is 0 Å². The topological polar surface area (TPSA) is 53.6 Å². The molecule has 4 nitrogen and oxygen atoms in total. The highest BCUT2D eigenvalue weighted by molar-refractivity contribution is 5.77. The molecule has 4 heteroatoms. The molecule has 3 N–H and O–H groups in total. The van der Waals surface area contributed by atoms with Crippen LogP contribution in [-0.2, 0) is 0 Å². The lowest BCUT2D eigenvalue weighted by Crippen LogP contribution is -2.40. The number of guanidine groups is 1. The maximum atomic E-state index is 5.99. The summed E-state index contributed by atoms with van der Waals surface area (Å²) < 4.78 is 0. The average molecular weight is 302 g/mol. The molecule has 1 aliphatic heterocycles. The number of benzene rings is 1. The number of nitrogens with one attached hydrogen (secondary N) is 1. The van der Waals surface area contributed by atoms with Gasteiger partial charge in [0.1, 0.15) is 0 Å². The summed E-state index contributed by atoms with van der Waals surface area (Å²) in [6.07, 6.45) is 2.58. The molecule has 1 aromatic rings. The Kier molecular flexibility index (Phi) is 6.25. The first-order valence-electron chi connectivity index (χ1n) is 8.40. The van der Waals surface area contributed by atoms with Crippen LogP contribution in [-0.4, -0.2) is 37.0 Å². The third kappa shape index (κ3) is 5.02. The van der Waals surface area contributed by atoms with Gasteiger partial charge in [0.15, 0.2) is 5.96 Å². The summed E-state index contributed by atoms with van der Waals surface area (Å²) in [5, 5.41) is 3.31. The molecule has 0 saturated carbocycles. The number of nitrogens with two attached hydrogens (primary N) is 1. The third-order valence-corrected chi connectivity index (χ3v) is 4.15. The van der Waals surface area contributed by atoms with Crippen LogP contribution in [0.2, 0.25) is 0 Å². The molecule has 0 aromatic heterocycles. The van der Waals surface area contributed by atoms with Crippen molar-refractivity contribution in [3.05, 3.63) is 35.4 Å². The maximum Gasteiger partial charge on any atom is 0.188 e. The van der Waals surface area contributed by atoms with E-state index in [1.165, 1.54) is 37.1 Å². The van der Waals surface area contributed by atoms with Gasteiger partial charge in [-0.25, -0.2) is 0 Å². The predicted octanol–water partition coefficient (Wildman–Crippen LogP) is 2.69. The third-order valence-electron chi connectivity index (χ3n) is 4.15. The normalized spacial score (nSPS) is 17.9. The van der Waals surface area contributed by atoms with Crippen LogP contribution in [0.25, 0.3) is 0 Å². The second-order valence-electron chi connectivity index (χ2n) is 6.67. The van der Waals surface area contributed by atoms with E-state index in [0.717, 1.165) is 13.1 Å². The lowest BCUT2D eigenvalue weighted by atomic mass is 10.0. The van der Waals surface area contributed by atoms with Gasteiger partial charge in [0.05, 0.1) is 6.04 Å². The number of aliphatic imine (C=N–C) groups is 1. The Balaban J connectivity index is 2.02. The van der Waals surface area contributed by atoms with Crippen LogP contribution in [0.5, 0.6) is 0 Å². The molecule has 1 atom stereocenters. The molecule has 0 amide bonds. The molecular formula is C18H30N4. The summed E-state index contributed by atoms with van der Waals surface area (Å²) in [7, 11) is 0. The van der Waals surface area contributed by atoms with Crippen molar-refractivity contribution in [1.82, 2.24) is 10.2 Å². The Hall–Kier alpha value is -1.55. The van der Waals surface area contributed by atoms with Crippen LogP contribution in [0.4, 0.5) is 0 Å². The van der Waals surface area contributed by atoms with Crippen LogP contribution >= 0.6 is 0 Å². The Morgan fingerprint density at radius 2 is 1.86 bits per heavy atom. The molecule has 2 rings (SSSR count). The zero-order valence-corrected chi connectivity index (χ0v) is 14.2. The first kappa shape index (κ1) is 16.8. The zero-order chi connectivity index (χ0) is 15.9. The van der Waals surface area contributed by atoms with E-state index in [4.69, 9.17) is 5.73 Å². The molecule has 1 saturated heterocycles. The van der Waals surface area contributed by atoms with Gasteiger partial charge < -0.3 is 11.1 Å². The van der Waals surface area contributed by atoms with Crippen LogP contribution < -0.4 is 11.1 Å². The van der Waals surface area contributed by atoms with Crippen molar-refractivity contribution in [2.75, 3.05) is 26.2 Å². The van der Waals surface area contributed by atoms with Crippen molar-refractivity contribution >= 4 is 5.96 Å². The molecular weight excluding hydrogens is 272 g/mol. The smallest absolute Gasteiger partial charge is 0.188 e. The molecule has 0 aliphatic carbocycles. The number of likely N-dealkylation sites (tertiary alicyclic amines) is 1. The predicted molar refractivity (Wildman–Crippen MR) is 94.1 cm³/mol. The van der Waals surface area contributed by atoms with Gasteiger partial charge in [-0.2, -0.15) is 0 Å². The van der Waals surface area contributed by atoms with Crippen molar-refractivity contribution in [2.45, 2.75) is 39.7 Å². The maximum absolute atomic E-state index is 5.99. The van der Waals surface area contributed by atoms with E-state index in [2.05, 4.69) is 60.2 Å². The fraction of sp³-hybridized carbons (Fsp3) is 0.611. The summed E-state index contributed by atoms with van der Waals surface area (Å²) in [4.78, 5) is 6.94. The molecule has 1 unspecified atom stereocenters. The Labute approximate surface area is 134 Å². The van der Waals surface area contributed by atoms with Crippen molar-refractivity contribution in [2.24, 2.45) is 16.6 Å². The van der Waals surface area contributed by atoms with Gasteiger partial charge in [-0.15, -0.1) is 0 Å². The molecule has 0 radical (unpaired) electrons. The van der Waals surface area contributed by atoms with E-state index < -0.39 is 0 Å². The van der Waals surface area contributed by atoms with Gasteiger partial charge in [0.2, 0.25) is 0 Å². The van der Waals surface area contributed by atoms with Crippen LogP contribution in [0, 0.1) is 12.8 Å². The molecule has 1 aliphatic rings. The highest BCUT2D eigenvalue weighted by Gasteiger charge is 2.23. The molecule has 1 aromatic carbocycles. The van der Waals surface area contributed by atoms with E-state index in [1.807, 2.05) is 0 Å². The minimum absolute atomic E-state index is 0.371. The second kappa shape index (κ2) is 8.18. The average Bonchev–Trinajstić information content (AvgIpc) is 3.01. The van der Waals surface area contributed by atoms with Crippen LogP contribution in [0.1, 0.15) is 43.9 Å².